The predicted molar refractivity (Wildman–Crippen MR) is 179 cm³/mol. The Morgan fingerprint density at radius 1 is 0.805 bits per heavy atom. The van der Waals surface area contributed by atoms with E-state index in [0.29, 0.717) is 11.3 Å². The molecule has 4 aromatic rings. The highest BCUT2D eigenvalue weighted by atomic mass is 32.1. The number of phenols is 4. The van der Waals surface area contributed by atoms with Crippen LogP contribution in [0.2, 0.25) is 0 Å². The molecule has 5 nitrogen and oxygen atoms in total. The number of aromatic hydroxyl groups is 4. The summed E-state index contributed by atoms with van der Waals surface area (Å²) in [5, 5.41) is 45.6. The Balaban J connectivity index is 0.000000902. The maximum Gasteiger partial charge on any atom is 0.169 e. The van der Waals surface area contributed by atoms with Gasteiger partial charge in [-0.15, -0.1) is 24.5 Å². The van der Waals surface area contributed by atoms with E-state index in [1.807, 2.05) is 24.3 Å². The van der Waals surface area contributed by atoms with Crippen molar-refractivity contribution in [3.63, 3.8) is 0 Å². The quantitative estimate of drug-likeness (QED) is 0.0663. The van der Waals surface area contributed by atoms with Gasteiger partial charge in [0.25, 0.3) is 0 Å². The first-order valence-electron chi connectivity index (χ1n) is 12.7. The summed E-state index contributed by atoms with van der Waals surface area (Å²) in [4.78, 5) is 1.13. The smallest absolute Gasteiger partial charge is 0.169 e. The van der Waals surface area contributed by atoms with E-state index in [4.69, 9.17) is 0 Å². The van der Waals surface area contributed by atoms with E-state index in [1.54, 1.807) is 41.7 Å². The second kappa shape index (κ2) is 14.4. The minimum absolute atomic E-state index is 0.00765. The van der Waals surface area contributed by atoms with Crippen LogP contribution in [0.5, 0.6) is 23.0 Å². The van der Waals surface area contributed by atoms with Crippen LogP contribution in [0.25, 0.3) is 32.9 Å². The number of phenolic OH excluding ortho intramolecular Hbond substituents is 4. The number of allylic oxidation sites excluding steroid dienone is 5. The number of anilines is 2. The molecule has 3 aromatic carbocycles. The molecule has 0 saturated heterocycles. The zero-order chi connectivity index (χ0) is 30.9. The number of benzene rings is 3. The van der Waals surface area contributed by atoms with Gasteiger partial charge in [0.2, 0.25) is 0 Å². The van der Waals surface area contributed by atoms with E-state index in [0.717, 1.165) is 31.8 Å². The molecule has 4 rings (SSSR count). The summed E-state index contributed by atoms with van der Waals surface area (Å²) in [7, 11) is 0. The maximum atomic E-state index is 10.4. The number of thiophene rings is 1. The van der Waals surface area contributed by atoms with Gasteiger partial charge in [0.1, 0.15) is 0 Å². The van der Waals surface area contributed by atoms with Gasteiger partial charge >= 0.3 is 0 Å². The highest BCUT2D eigenvalue weighted by Crippen LogP contribution is 2.51. The van der Waals surface area contributed by atoms with E-state index in [1.165, 1.54) is 12.5 Å². The number of nitrogens with one attached hydrogen (secondary N) is 1. The molecular weight excluding hydrogens is 530 g/mol. The zero-order valence-corrected chi connectivity index (χ0v) is 24.6. The van der Waals surface area contributed by atoms with Gasteiger partial charge in [0, 0.05) is 37.5 Å². The molecule has 0 aliphatic carbocycles. The van der Waals surface area contributed by atoms with E-state index in [9.17, 15) is 20.4 Å². The van der Waals surface area contributed by atoms with Gasteiger partial charge in [0.05, 0.1) is 5.56 Å². The summed E-state index contributed by atoms with van der Waals surface area (Å²) in [6.07, 6.45) is 7.03. The van der Waals surface area contributed by atoms with E-state index >= 15 is 0 Å². The van der Waals surface area contributed by atoms with Crippen LogP contribution in [0.3, 0.4) is 0 Å². The van der Waals surface area contributed by atoms with Gasteiger partial charge in [0.15, 0.2) is 23.0 Å². The zero-order valence-electron chi connectivity index (χ0n) is 23.8. The molecule has 212 valence electrons. The highest BCUT2D eigenvalue weighted by molar-refractivity contribution is 7.20. The Bertz CT molecular complexity index is 1600. The van der Waals surface area contributed by atoms with Crippen LogP contribution in [0.1, 0.15) is 29.9 Å². The number of fused-ring (bicyclic) bond motifs is 1. The van der Waals surface area contributed by atoms with Gasteiger partial charge in [-0.05, 0) is 56.2 Å². The molecule has 5 N–H and O–H groups in total. The lowest BCUT2D eigenvalue weighted by molar-refractivity contribution is 0.371. The van der Waals surface area contributed by atoms with Crippen LogP contribution < -0.4 is 5.32 Å². The molecule has 0 aliphatic heterocycles. The Morgan fingerprint density at radius 3 is 1.90 bits per heavy atom. The third-order valence-electron chi connectivity index (χ3n) is 6.16. The van der Waals surface area contributed by atoms with Crippen LogP contribution in [-0.2, 0) is 0 Å². The second-order valence-electron chi connectivity index (χ2n) is 8.95. The number of hydrogen-bond acceptors (Lipinski definition) is 6. The predicted octanol–water partition coefficient (Wildman–Crippen LogP) is 10.2. The van der Waals surface area contributed by atoms with Crippen molar-refractivity contribution in [1.29, 1.82) is 0 Å². The standard InChI is InChI=1S/C29H27NO4S.C4H6.C2H4/c1-6-20(15(3)4)29-21(7-2)22-12-11-19(14-23(22)35-29)30-18-10-8-9-17(13-18)24-27(33)25(31)16(5)26(32)28(24)34;1-3-4-2;1-2/h6-14,30-34H,1-2H2,3-5H3;3-4H,1-2H2;1-2H2. The molecule has 0 fully saturated rings. The summed E-state index contributed by atoms with van der Waals surface area (Å²) < 4.78 is 1.10. The van der Waals surface area contributed by atoms with Crippen LogP contribution in [0.4, 0.5) is 11.4 Å². The Hall–Kier alpha value is -4.94. The molecule has 41 heavy (non-hydrogen) atoms. The van der Waals surface area contributed by atoms with Crippen molar-refractivity contribution in [3.8, 4) is 34.1 Å². The van der Waals surface area contributed by atoms with Crippen molar-refractivity contribution in [2.45, 2.75) is 20.8 Å². The summed E-state index contributed by atoms with van der Waals surface area (Å²) in [6.45, 7) is 26.2. The molecule has 0 unspecified atom stereocenters. The Labute approximate surface area is 246 Å². The lowest BCUT2D eigenvalue weighted by Crippen LogP contribution is -1.91. The first kappa shape index (κ1) is 32.3. The van der Waals surface area contributed by atoms with Gasteiger partial charge in [-0.25, -0.2) is 0 Å². The number of hydrogen-bond donors (Lipinski definition) is 5. The van der Waals surface area contributed by atoms with E-state index < -0.39 is 23.0 Å². The molecular formula is C35H37NO4S. The van der Waals surface area contributed by atoms with Crippen LogP contribution in [0, 0.1) is 6.92 Å². The molecule has 0 amide bonds. The minimum atomic E-state index is -0.489. The molecule has 1 aromatic heterocycles. The average molecular weight is 568 g/mol. The van der Waals surface area contributed by atoms with E-state index in [-0.39, 0.29) is 11.1 Å². The van der Waals surface area contributed by atoms with Crippen molar-refractivity contribution in [1.82, 2.24) is 0 Å². The first-order valence-corrected chi connectivity index (χ1v) is 13.5. The van der Waals surface area contributed by atoms with Crippen LogP contribution >= 0.6 is 11.3 Å². The summed E-state index contributed by atoms with van der Waals surface area (Å²) >= 11 is 1.68. The fourth-order valence-electron chi connectivity index (χ4n) is 4.13. The van der Waals surface area contributed by atoms with Gasteiger partial charge < -0.3 is 25.7 Å². The van der Waals surface area contributed by atoms with Crippen molar-refractivity contribution < 1.29 is 20.4 Å². The van der Waals surface area contributed by atoms with Crippen LogP contribution in [-0.4, -0.2) is 20.4 Å². The van der Waals surface area contributed by atoms with Gasteiger partial charge in [-0.2, -0.15) is 0 Å². The minimum Gasteiger partial charge on any atom is -0.504 e. The molecule has 0 bridgehead atoms. The van der Waals surface area contributed by atoms with Crippen molar-refractivity contribution in [2.75, 3.05) is 5.32 Å². The average Bonchev–Trinajstić information content (AvgIpc) is 3.34. The highest BCUT2D eigenvalue weighted by Gasteiger charge is 2.22. The lowest BCUT2D eigenvalue weighted by Gasteiger charge is -2.15. The molecule has 0 atom stereocenters. The normalized spacial score (nSPS) is 9.83. The van der Waals surface area contributed by atoms with E-state index in [2.05, 4.69) is 70.8 Å². The van der Waals surface area contributed by atoms with Gasteiger partial charge in [-0.3, -0.25) is 0 Å². The van der Waals surface area contributed by atoms with Crippen molar-refractivity contribution in [3.05, 3.63) is 122 Å². The third-order valence-corrected chi connectivity index (χ3v) is 7.36. The second-order valence-corrected chi connectivity index (χ2v) is 10.0. The van der Waals surface area contributed by atoms with Gasteiger partial charge in [-0.1, -0.05) is 74.4 Å². The molecule has 0 saturated carbocycles. The SMILES string of the molecule is C=C.C=CC(=C(C)C)c1sc2cc(Nc3cccc(-c4c(O)c(O)c(C)c(O)c4O)c3)ccc2c1C=C.C=CC=C. The topological polar surface area (TPSA) is 93.0 Å². The fourth-order valence-corrected chi connectivity index (χ4v) is 5.52. The maximum absolute atomic E-state index is 10.4. The molecule has 1 heterocycles. The fraction of sp³-hybridized carbons (Fsp3) is 0.0857. The van der Waals surface area contributed by atoms with Crippen LogP contribution in [0.15, 0.2) is 106 Å². The molecule has 6 heteroatoms. The first-order chi connectivity index (χ1) is 19.6. The monoisotopic (exact) mass is 567 g/mol. The number of rotatable bonds is 7. The Kier molecular flexibility index (Phi) is 11.4. The third kappa shape index (κ3) is 6.80. The molecule has 0 spiro atoms. The Morgan fingerprint density at radius 2 is 1.39 bits per heavy atom. The largest absolute Gasteiger partial charge is 0.504 e. The summed E-state index contributed by atoms with van der Waals surface area (Å²) in [5.74, 6) is -1.92. The lowest BCUT2D eigenvalue weighted by atomic mass is 9.99. The molecule has 0 aliphatic rings. The van der Waals surface area contributed by atoms with Crippen molar-refractivity contribution >= 4 is 44.4 Å². The molecule has 0 radical (unpaired) electrons. The summed E-state index contributed by atoms with van der Waals surface area (Å²) in [6, 6.07) is 13.1. The van der Waals surface area contributed by atoms with Crippen molar-refractivity contribution in [2.24, 2.45) is 0 Å². The summed E-state index contributed by atoms with van der Waals surface area (Å²) in [5.41, 5.74) is 5.34.